The number of likely N-dealkylation sites (tertiary alicyclic amines) is 1. The predicted molar refractivity (Wildman–Crippen MR) is 90.8 cm³/mol. The van der Waals surface area contributed by atoms with Crippen molar-refractivity contribution in [1.29, 1.82) is 0 Å². The van der Waals surface area contributed by atoms with Gasteiger partial charge in [-0.2, -0.15) is 0 Å². The average Bonchev–Trinajstić information content (AvgIpc) is 2.53. The maximum absolute atomic E-state index is 11.9. The van der Waals surface area contributed by atoms with E-state index in [9.17, 15) is 4.79 Å². The molecule has 0 spiro atoms. The van der Waals surface area contributed by atoms with Gasteiger partial charge in [-0.15, -0.1) is 0 Å². The fourth-order valence-corrected chi connectivity index (χ4v) is 2.84. The third-order valence-electron chi connectivity index (χ3n) is 4.07. The second-order valence-corrected chi connectivity index (χ2v) is 5.77. The maximum atomic E-state index is 11.9. The van der Waals surface area contributed by atoms with Crippen LogP contribution in [0.1, 0.15) is 38.7 Å². The molecule has 0 bridgehead atoms. The van der Waals surface area contributed by atoms with E-state index in [1.807, 2.05) is 32.0 Å². The van der Waals surface area contributed by atoms with Gasteiger partial charge in [0.25, 0.3) is 0 Å². The van der Waals surface area contributed by atoms with Gasteiger partial charge < -0.3 is 15.3 Å². The largest absolute Gasteiger partial charge is 0.396 e. The van der Waals surface area contributed by atoms with Gasteiger partial charge in [0.1, 0.15) is 0 Å². The van der Waals surface area contributed by atoms with Crippen LogP contribution < -0.4 is 5.32 Å². The first-order valence-corrected chi connectivity index (χ1v) is 8.28. The molecule has 1 aromatic rings. The van der Waals surface area contributed by atoms with E-state index in [4.69, 9.17) is 5.11 Å². The van der Waals surface area contributed by atoms with Crippen LogP contribution in [0.5, 0.6) is 0 Å². The van der Waals surface area contributed by atoms with Crippen molar-refractivity contribution in [2.45, 2.75) is 45.1 Å². The molecule has 4 nitrogen and oxygen atoms in total. The molecule has 0 aromatic heterocycles. The highest BCUT2D eigenvalue weighted by atomic mass is 16.3. The number of benzene rings is 1. The van der Waals surface area contributed by atoms with Crippen LogP contribution in [-0.4, -0.2) is 48.2 Å². The van der Waals surface area contributed by atoms with E-state index >= 15 is 0 Å². The van der Waals surface area contributed by atoms with Crippen LogP contribution >= 0.6 is 0 Å². The lowest BCUT2D eigenvalue weighted by Crippen LogP contribution is -2.56. The van der Waals surface area contributed by atoms with Crippen molar-refractivity contribution >= 4 is 5.91 Å². The van der Waals surface area contributed by atoms with Gasteiger partial charge in [0, 0.05) is 25.0 Å². The highest BCUT2D eigenvalue weighted by Gasteiger charge is 2.34. The summed E-state index contributed by atoms with van der Waals surface area (Å²) in [5.41, 5.74) is 1.08. The summed E-state index contributed by atoms with van der Waals surface area (Å²) in [6, 6.07) is 10.3. The quantitative estimate of drug-likeness (QED) is 0.877. The summed E-state index contributed by atoms with van der Waals surface area (Å²) in [6.07, 6.45) is 2.95. The monoisotopic (exact) mass is 306 g/mol. The third-order valence-corrected chi connectivity index (χ3v) is 4.07. The van der Waals surface area contributed by atoms with E-state index in [2.05, 4.69) is 29.4 Å². The Morgan fingerprint density at radius 3 is 2.36 bits per heavy atom. The first-order valence-electron chi connectivity index (χ1n) is 8.28. The van der Waals surface area contributed by atoms with Gasteiger partial charge >= 0.3 is 0 Å². The van der Waals surface area contributed by atoms with Crippen LogP contribution in [0.25, 0.3) is 0 Å². The lowest BCUT2D eigenvalue weighted by Gasteiger charge is -2.41. The number of nitrogens with one attached hydrogen (secondary N) is 1. The van der Waals surface area contributed by atoms with Crippen LogP contribution in [0.4, 0.5) is 0 Å². The highest BCUT2D eigenvalue weighted by molar-refractivity contribution is 5.77. The second kappa shape index (κ2) is 9.59. The molecule has 0 radical (unpaired) electrons. The molecule has 1 saturated heterocycles. The number of carbonyl (C=O) groups is 1. The first-order chi connectivity index (χ1) is 10.6. The average molecular weight is 306 g/mol. The van der Waals surface area contributed by atoms with Crippen molar-refractivity contribution in [3.8, 4) is 0 Å². The number of carbonyl (C=O) groups excluding carboxylic acids is 1. The van der Waals surface area contributed by atoms with Crippen molar-refractivity contribution < 1.29 is 9.90 Å². The minimum absolute atomic E-state index is 0.0482. The lowest BCUT2D eigenvalue weighted by molar-refractivity contribution is -0.124. The first kappa shape index (κ1) is 18.7. The van der Waals surface area contributed by atoms with Crippen LogP contribution in [0.2, 0.25) is 0 Å². The normalized spacial score (nSPS) is 17.3. The fraction of sp³-hybridized carbons (Fsp3) is 0.611. The molecule has 0 atom stereocenters. The lowest BCUT2D eigenvalue weighted by atomic mass is 9.81. The molecule has 1 amide bonds. The molecule has 1 aromatic carbocycles. The maximum Gasteiger partial charge on any atom is 0.222 e. The summed E-state index contributed by atoms with van der Waals surface area (Å²) >= 11 is 0. The van der Waals surface area contributed by atoms with Gasteiger partial charge in [0.2, 0.25) is 5.91 Å². The van der Waals surface area contributed by atoms with Gasteiger partial charge in [-0.1, -0.05) is 44.2 Å². The smallest absolute Gasteiger partial charge is 0.222 e. The Balaban J connectivity index is 0.00000116. The minimum atomic E-state index is -0.167. The van der Waals surface area contributed by atoms with Crippen LogP contribution in [0.3, 0.4) is 0 Å². The SMILES string of the molecule is CC.CN1CCC(Cc2ccccc2)(NC(=O)CCO)CC1. The van der Waals surface area contributed by atoms with E-state index in [-0.39, 0.29) is 24.5 Å². The van der Waals surface area contributed by atoms with Crippen molar-refractivity contribution in [2.75, 3.05) is 26.7 Å². The number of hydrogen-bond acceptors (Lipinski definition) is 3. The van der Waals surface area contributed by atoms with Gasteiger partial charge in [0.15, 0.2) is 0 Å². The standard InChI is InChI=1S/C16H24N2O2.C2H6/c1-18-10-8-16(9-11-18,17-15(20)7-12-19)13-14-5-3-2-4-6-14;1-2/h2-6,19H,7-13H2,1H3,(H,17,20);1-2H3. The molecule has 2 rings (SSSR count). The number of hydrogen-bond donors (Lipinski definition) is 2. The molecule has 2 N–H and O–H groups in total. The van der Waals surface area contributed by atoms with Gasteiger partial charge in [-0.05, 0) is 31.9 Å². The molecule has 124 valence electrons. The van der Waals surface area contributed by atoms with Gasteiger partial charge in [-0.25, -0.2) is 0 Å². The fourth-order valence-electron chi connectivity index (χ4n) is 2.84. The molecule has 22 heavy (non-hydrogen) atoms. The summed E-state index contributed by atoms with van der Waals surface area (Å²) in [5.74, 6) is -0.0482. The molecule has 1 aliphatic heterocycles. The van der Waals surface area contributed by atoms with E-state index in [1.54, 1.807) is 0 Å². The summed E-state index contributed by atoms with van der Waals surface area (Å²) in [4.78, 5) is 14.2. The van der Waals surface area contributed by atoms with E-state index < -0.39 is 0 Å². The Morgan fingerprint density at radius 2 is 1.82 bits per heavy atom. The van der Waals surface area contributed by atoms with Crippen LogP contribution in [0, 0.1) is 0 Å². The Hall–Kier alpha value is -1.39. The minimum Gasteiger partial charge on any atom is -0.396 e. The summed E-state index contributed by atoms with van der Waals surface area (Å²) in [5, 5.41) is 12.1. The Kier molecular flexibility index (Phi) is 8.13. The number of piperidine rings is 1. The zero-order valence-corrected chi connectivity index (χ0v) is 14.1. The summed E-state index contributed by atoms with van der Waals surface area (Å²) < 4.78 is 0. The third kappa shape index (κ3) is 5.78. The number of nitrogens with zero attached hydrogens (tertiary/aromatic N) is 1. The van der Waals surface area contributed by atoms with Crippen LogP contribution in [-0.2, 0) is 11.2 Å². The van der Waals surface area contributed by atoms with E-state index in [1.165, 1.54) is 5.56 Å². The Morgan fingerprint density at radius 1 is 1.23 bits per heavy atom. The van der Waals surface area contributed by atoms with E-state index in [0.717, 1.165) is 32.4 Å². The molecule has 1 heterocycles. The van der Waals surface area contributed by atoms with Crippen molar-refractivity contribution in [1.82, 2.24) is 10.2 Å². The predicted octanol–water partition coefficient (Wildman–Crippen LogP) is 2.22. The van der Waals surface area contributed by atoms with Crippen molar-refractivity contribution in [3.05, 3.63) is 35.9 Å². The molecule has 4 heteroatoms. The zero-order valence-electron chi connectivity index (χ0n) is 14.1. The topological polar surface area (TPSA) is 52.6 Å². The van der Waals surface area contributed by atoms with E-state index in [0.29, 0.717) is 0 Å². The molecule has 0 saturated carbocycles. The number of aliphatic hydroxyl groups is 1. The molecule has 1 aliphatic rings. The Bertz CT molecular complexity index is 426. The summed E-state index contributed by atoms with van der Waals surface area (Å²) in [6.45, 7) is 5.89. The number of aliphatic hydroxyl groups excluding tert-OH is 1. The zero-order chi connectivity index (χ0) is 16.4. The van der Waals surface area contributed by atoms with Gasteiger partial charge in [0.05, 0.1) is 6.61 Å². The summed E-state index contributed by atoms with van der Waals surface area (Å²) in [7, 11) is 2.11. The Labute approximate surface area is 134 Å². The number of amides is 1. The van der Waals surface area contributed by atoms with Crippen molar-refractivity contribution in [3.63, 3.8) is 0 Å². The van der Waals surface area contributed by atoms with Gasteiger partial charge in [-0.3, -0.25) is 4.79 Å². The highest BCUT2D eigenvalue weighted by Crippen LogP contribution is 2.26. The molecular weight excluding hydrogens is 276 g/mol. The molecule has 0 unspecified atom stereocenters. The van der Waals surface area contributed by atoms with Crippen molar-refractivity contribution in [2.24, 2.45) is 0 Å². The molecule has 1 fully saturated rings. The molecular formula is C18H30N2O2. The molecule has 0 aliphatic carbocycles. The van der Waals surface area contributed by atoms with Crippen LogP contribution in [0.15, 0.2) is 30.3 Å². The number of rotatable bonds is 5. The second-order valence-electron chi connectivity index (χ2n) is 5.77.